The van der Waals surface area contributed by atoms with Gasteiger partial charge in [-0.25, -0.2) is 4.79 Å². The summed E-state index contributed by atoms with van der Waals surface area (Å²) in [5.41, 5.74) is 1.49. The third kappa shape index (κ3) is 2.46. The van der Waals surface area contributed by atoms with Crippen molar-refractivity contribution in [1.29, 1.82) is 0 Å². The predicted molar refractivity (Wildman–Crippen MR) is 80.7 cm³/mol. The molecule has 1 amide bonds. The summed E-state index contributed by atoms with van der Waals surface area (Å²) in [4.78, 5) is 27.0. The number of benzene rings is 1. The Balaban J connectivity index is 1.81. The molecule has 0 radical (unpaired) electrons. The molecule has 2 heterocycles. The Morgan fingerprint density at radius 1 is 1.41 bits per heavy atom. The topological polar surface area (TPSA) is 91.4 Å². The van der Waals surface area contributed by atoms with Crippen molar-refractivity contribution in [3.8, 4) is 0 Å². The Hall–Kier alpha value is -2.34. The number of carbonyl (C=O) groups excluding carboxylic acids is 1. The predicted octanol–water partition coefficient (Wildman–Crippen LogP) is 1.38. The number of aromatic nitrogens is 1. The van der Waals surface area contributed by atoms with E-state index in [1.165, 1.54) is 0 Å². The van der Waals surface area contributed by atoms with Crippen LogP contribution in [0.15, 0.2) is 24.3 Å². The molecule has 3 rings (SSSR count). The maximum absolute atomic E-state index is 12.3. The van der Waals surface area contributed by atoms with Gasteiger partial charge in [0.25, 0.3) is 0 Å². The Bertz CT molecular complexity index is 729. The zero-order valence-electron chi connectivity index (χ0n) is 12.3. The monoisotopic (exact) mass is 302 g/mol. The van der Waals surface area contributed by atoms with E-state index in [4.69, 9.17) is 4.74 Å². The van der Waals surface area contributed by atoms with Gasteiger partial charge in [-0.1, -0.05) is 18.2 Å². The third-order valence-electron chi connectivity index (χ3n) is 4.17. The lowest BCUT2D eigenvalue weighted by Gasteiger charge is -2.23. The Morgan fingerprint density at radius 2 is 2.18 bits per heavy atom. The van der Waals surface area contributed by atoms with Crippen molar-refractivity contribution in [2.45, 2.75) is 25.3 Å². The van der Waals surface area contributed by atoms with Crippen LogP contribution in [0.25, 0.3) is 10.9 Å². The fraction of sp³-hybridized carbons (Fsp3) is 0.375. The summed E-state index contributed by atoms with van der Waals surface area (Å²) < 4.78 is 5.15. The maximum Gasteiger partial charge on any atom is 0.331 e. The number of carboxylic acids is 1. The highest BCUT2D eigenvalue weighted by molar-refractivity contribution is 5.92. The lowest BCUT2D eigenvalue weighted by Crippen LogP contribution is -2.55. The van der Waals surface area contributed by atoms with Crippen LogP contribution >= 0.6 is 0 Å². The van der Waals surface area contributed by atoms with Crippen LogP contribution < -0.4 is 5.32 Å². The summed E-state index contributed by atoms with van der Waals surface area (Å²) >= 11 is 0. The molecule has 1 saturated heterocycles. The standard InChI is InChI=1S/C16H18N2O4/c1-10-12(11-4-2-3-5-13(11)17-10)8-14(19)18-16(15(20)21)6-7-22-9-16/h2-5,17H,6-9H2,1H3,(H,18,19)(H,20,21). The van der Waals surface area contributed by atoms with E-state index in [-0.39, 0.29) is 18.9 Å². The number of fused-ring (bicyclic) bond motifs is 1. The second-order valence-corrected chi connectivity index (χ2v) is 5.69. The van der Waals surface area contributed by atoms with Crippen LogP contribution in [0.1, 0.15) is 17.7 Å². The lowest BCUT2D eigenvalue weighted by atomic mass is 9.98. The van der Waals surface area contributed by atoms with Crippen molar-refractivity contribution in [1.82, 2.24) is 10.3 Å². The highest BCUT2D eigenvalue weighted by Crippen LogP contribution is 2.23. The number of hydrogen-bond donors (Lipinski definition) is 3. The molecular weight excluding hydrogens is 284 g/mol. The van der Waals surface area contributed by atoms with Crippen molar-refractivity contribution in [3.63, 3.8) is 0 Å². The highest BCUT2D eigenvalue weighted by Gasteiger charge is 2.43. The van der Waals surface area contributed by atoms with Gasteiger partial charge in [0.05, 0.1) is 13.0 Å². The quantitative estimate of drug-likeness (QED) is 0.795. The Kier molecular flexibility index (Phi) is 3.62. The normalized spacial score (nSPS) is 21.1. The molecule has 1 fully saturated rings. The van der Waals surface area contributed by atoms with Gasteiger partial charge < -0.3 is 20.1 Å². The molecule has 3 N–H and O–H groups in total. The molecule has 116 valence electrons. The number of hydrogen-bond acceptors (Lipinski definition) is 3. The van der Waals surface area contributed by atoms with Gasteiger partial charge >= 0.3 is 5.97 Å². The molecule has 0 aliphatic carbocycles. The molecule has 6 heteroatoms. The van der Waals surface area contributed by atoms with E-state index in [1.807, 2.05) is 31.2 Å². The summed E-state index contributed by atoms with van der Waals surface area (Å²) in [6.45, 7) is 2.27. The Labute approximate surface area is 127 Å². The number of carboxylic acid groups (broad SMARTS) is 1. The number of aliphatic carboxylic acids is 1. The molecule has 0 spiro atoms. The van der Waals surface area contributed by atoms with Gasteiger partial charge in [0, 0.05) is 29.6 Å². The van der Waals surface area contributed by atoms with Crippen LogP contribution in [-0.4, -0.2) is 40.7 Å². The maximum atomic E-state index is 12.3. The Morgan fingerprint density at radius 3 is 2.86 bits per heavy atom. The van der Waals surface area contributed by atoms with Crippen LogP contribution in [0.4, 0.5) is 0 Å². The number of carbonyl (C=O) groups is 2. The second kappa shape index (κ2) is 5.46. The number of aryl methyl sites for hydroxylation is 1. The van der Waals surface area contributed by atoms with E-state index in [9.17, 15) is 14.7 Å². The third-order valence-corrected chi connectivity index (χ3v) is 4.17. The van der Waals surface area contributed by atoms with E-state index in [0.717, 1.165) is 22.2 Å². The zero-order chi connectivity index (χ0) is 15.7. The van der Waals surface area contributed by atoms with E-state index in [1.54, 1.807) is 0 Å². The molecule has 0 bridgehead atoms. The minimum absolute atomic E-state index is 0.0148. The molecule has 1 aliphatic heterocycles. The van der Waals surface area contributed by atoms with Gasteiger partial charge in [-0.3, -0.25) is 4.79 Å². The molecule has 0 saturated carbocycles. The smallest absolute Gasteiger partial charge is 0.331 e. The van der Waals surface area contributed by atoms with E-state index in [2.05, 4.69) is 10.3 Å². The summed E-state index contributed by atoms with van der Waals surface area (Å²) in [7, 11) is 0. The molecular formula is C16H18N2O4. The first-order valence-corrected chi connectivity index (χ1v) is 7.20. The molecule has 1 aliphatic rings. The SMILES string of the molecule is Cc1[nH]c2ccccc2c1CC(=O)NC1(C(=O)O)CCOC1. The minimum Gasteiger partial charge on any atom is -0.479 e. The van der Waals surface area contributed by atoms with Crippen LogP contribution in [0.3, 0.4) is 0 Å². The van der Waals surface area contributed by atoms with Crippen molar-refractivity contribution >= 4 is 22.8 Å². The molecule has 1 atom stereocenters. The molecule has 6 nitrogen and oxygen atoms in total. The summed E-state index contributed by atoms with van der Waals surface area (Å²) in [6.07, 6.45) is 0.436. The van der Waals surface area contributed by atoms with Gasteiger partial charge in [-0.15, -0.1) is 0 Å². The van der Waals surface area contributed by atoms with Gasteiger partial charge in [0.2, 0.25) is 5.91 Å². The average molecular weight is 302 g/mol. The zero-order valence-corrected chi connectivity index (χ0v) is 12.3. The molecule has 22 heavy (non-hydrogen) atoms. The van der Waals surface area contributed by atoms with Gasteiger partial charge in [0.15, 0.2) is 5.54 Å². The van der Waals surface area contributed by atoms with Crippen molar-refractivity contribution in [2.75, 3.05) is 13.2 Å². The molecule has 1 aromatic carbocycles. The second-order valence-electron chi connectivity index (χ2n) is 5.69. The van der Waals surface area contributed by atoms with Crippen LogP contribution in [0.2, 0.25) is 0 Å². The van der Waals surface area contributed by atoms with Gasteiger partial charge in [0.1, 0.15) is 0 Å². The van der Waals surface area contributed by atoms with Crippen LogP contribution in [0, 0.1) is 6.92 Å². The summed E-state index contributed by atoms with van der Waals surface area (Å²) in [5, 5.41) is 13.0. The van der Waals surface area contributed by atoms with E-state index < -0.39 is 11.5 Å². The first kappa shape index (κ1) is 14.6. The summed E-state index contributed by atoms with van der Waals surface area (Å²) in [6, 6.07) is 7.75. The van der Waals surface area contributed by atoms with Crippen molar-refractivity contribution in [2.24, 2.45) is 0 Å². The van der Waals surface area contributed by atoms with E-state index >= 15 is 0 Å². The fourth-order valence-corrected chi connectivity index (χ4v) is 2.92. The molecule has 1 unspecified atom stereocenters. The van der Waals surface area contributed by atoms with Crippen LogP contribution in [0.5, 0.6) is 0 Å². The van der Waals surface area contributed by atoms with Gasteiger partial charge in [-0.05, 0) is 18.6 Å². The first-order chi connectivity index (χ1) is 10.5. The number of amides is 1. The number of nitrogens with one attached hydrogen (secondary N) is 2. The van der Waals surface area contributed by atoms with Crippen molar-refractivity contribution < 1.29 is 19.4 Å². The first-order valence-electron chi connectivity index (χ1n) is 7.20. The summed E-state index contributed by atoms with van der Waals surface area (Å²) in [5.74, 6) is -1.35. The van der Waals surface area contributed by atoms with Crippen LogP contribution in [-0.2, 0) is 20.7 Å². The minimum atomic E-state index is -1.29. The molecule has 1 aromatic heterocycles. The average Bonchev–Trinajstić information content (AvgIpc) is 3.06. The van der Waals surface area contributed by atoms with E-state index in [0.29, 0.717) is 13.0 Å². The fourth-order valence-electron chi connectivity index (χ4n) is 2.92. The molecule has 2 aromatic rings. The number of aromatic amines is 1. The number of H-pyrrole nitrogens is 1. The van der Waals surface area contributed by atoms with Crippen molar-refractivity contribution in [3.05, 3.63) is 35.5 Å². The number of para-hydroxylation sites is 1. The number of ether oxygens (including phenoxy) is 1. The lowest BCUT2D eigenvalue weighted by molar-refractivity contribution is -0.147. The highest BCUT2D eigenvalue weighted by atomic mass is 16.5. The largest absolute Gasteiger partial charge is 0.479 e. The van der Waals surface area contributed by atoms with Gasteiger partial charge in [-0.2, -0.15) is 0 Å². The number of rotatable bonds is 4.